The van der Waals surface area contributed by atoms with Gasteiger partial charge in [-0.05, 0) is 25.0 Å². The fourth-order valence-electron chi connectivity index (χ4n) is 2.18. The molecule has 8 heteroatoms. The minimum Gasteiger partial charge on any atom is -0.366 e. The predicted molar refractivity (Wildman–Crippen MR) is 76.5 cm³/mol. The second-order valence-electron chi connectivity index (χ2n) is 4.51. The number of nitrogens with two attached hydrogens (primary N) is 2. The third kappa shape index (κ3) is 3.22. The summed E-state index contributed by atoms with van der Waals surface area (Å²) in [7, 11) is 0. The van der Waals surface area contributed by atoms with E-state index >= 15 is 0 Å². The van der Waals surface area contributed by atoms with E-state index < -0.39 is 0 Å². The number of nitro benzene ring substituents is 1. The van der Waals surface area contributed by atoms with Gasteiger partial charge in [-0.2, -0.15) is 0 Å². The summed E-state index contributed by atoms with van der Waals surface area (Å²) in [6, 6.07) is 5.05. The van der Waals surface area contributed by atoms with Gasteiger partial charge in [0.05, 0.1) is 4.92 Å². The number of anilines is 1. The number of hydrazone groups is 1. The normalized spacial score (nSPS) is 14.7. The molecular weight excluding hydrogens is 260 g/mol. The molecule has 0 bridgehead atoms. The molecule has 106 valence electrons. The van der Waals surface area contributed by atoms with Gasteiger partial charge in [0.15, 0.2) is 0 Å². The molecule has 0 atom stereocenters. The lowest BCUT2D eigenvalue weighted by Gasteiger charge is -2.17. The summed E-state index contributed by atoms with van der Waals surface area (Å²) in [5, 5.41) is 17.3. The summed E-state index contributed by atoms with van der Waals surface area (Å²) in [5.74, 6) is -0.107. The van der Waals surface area contributed by atoms with Crippen molar-refractivity contribution in [1.82, 2.24) is 0 Å². The van der Waals surface area contributed by atoms with Crippen LogP contribution in [-0.2, 0) is 0 Å². The number of nitro groups is 1. The van der Waals surface area contributed by atoms with Gasteiger partial charge in [-0.1, -0.05) is 0 Å². The van der Waals surface area contributed by atoms with Crippen LogP contribution in [0.3, 0.4) is 0 Å². The van der Waals surface area contributed by atoms with Crippen LogP contribution in [0.2, 0.25) is 0 Å². The van der Waals surface area contributed by atoms with Gasteiger partial charge >= 0.3 is 0 Å². The van der Waals surface area contributed by atoms with Crippen molar-refractivity contribution in [3.63, 3.8) is 0 Å². The van der Waals surface area contributed by atoms with Gasteiger partial charge < -0.3 is 16.4 Å². The monoisotopic (exact) mass is 277 g/mol. The van der Waals surface area contributed by atoms with E-state index in [2.05, 4.69) is 10.2 Å². The maximum atomic E-state index is 11.2. The van der Waals surface area contributed by atoms with E-state index in [9.17, 15) is 10.1 Å². The van der Waals surface area contributed by atoms with Crippen molar-refractivity contribution in [3.05, 3.63) is 33.9 Å². The molecule has 0 radical (unpaired) electrons. The molecule has 1 saturated heterocycles. The minimum absolute atomic E-state index is 0.0900. The summed E-state index contributed by atoms with van der Waals surface area (Å²) in [5.41, 5.74) is 11.7. The van der Waals surface area contributed by atoms with Gasteiger partial charge in [-0.25, -0.2) is 0 Å². The van der Waals surface area contributed by atoms with E-state index in [0.29, 0.717) is 11.3 Å². The maximum Gasteiger partial charge on any atom is 0.293 e. The highest BCUT2D eigenvalue weighted by molar-refractivity contribution is 5.80. The molecule has 1 heterocycles. The first-order valence-corrected chi connectivity index (χ1v) is 6.28. The standard InChI is InChI=1S/C12H16N6O2/c13-12(14)16-15-8-9-3-4-10(11(7-9)18(19)20)17-5-1-2-6-17/h3-4,7-8H,1-2,5-6H2,(H4,13,14,16)/p+1/b15-8-. The molecule has 0 aromatic heterocycles. The number of hydrogen-bond acceptors (Lipinski definition) is 4. The molecule has 1 aromatic rings. The molecule has 0 amide bonds. The Labute approximate surface area is 115 Å². The van der Waals surface area contributed by atoms with Gasteiger partial charge in [-0.15, -0.1) is 5.10 Å². The van der Waals surface area contributed by atoms with Crippen LogP contribution in [0.15, 0.2) is 23.3 Å². The number of rotatable bonds is 4. The van der Waals surface area contributed by atoms with Crippen molar-refractivity contribution in [2.75, 3.05) is 18.0 Å². The van der Waals surface area contributed by atoms with E-state index in [1.807, 2.05) is 4.90 Å². The number of benzene rings is 1. The summed E-state index contributed by atoms with van der Waals surface area (Å²) in [6.45, 7) is 1.71. The first-order chi connectivity index (χ1) is 9.58. The molecule has 0 aliphatic carbocycles. The Hall–Kier alpha value is -2.64. The Morgan fingerprint density at radius 2 is 2.10 bits per heavy atom. The second-order valence-corrected chi connectivity index (χ2v) is 4.51. The summed E-state index contributed by atoms with van der Waals surface area (Å²) >= 11 is 0. The van der Waals surface area contributed by atoms with E-state index in [1.165, 1.54) is 12.3 Å². The molecular formula is C12H17N6O2+. The third-order valence-corrected chi connectivity index (χ3v) is 3.07. The van der Waals surface area contributed by atoms with E-state index in [0.717, 1.165) is 25.9 Å². The van der Waals surface area contributed by atoms with Crippen LogP contribution in [0, 0.1) is 10.1 Å². The average Bonchev–Trinajstić information content (AvgIpc) is 2.92. The molecule has 1 aromatic carbocycles. The van der Waals surface area contributed by atoms with Crippen LogP contribution >= 0.6 is 0 Å². The van der Waals surface area contributed by atoms with Crippen LogP contribution in [0.1, 0.15) is 18.4 Å². The zero-order valence-electron chi connectivity index (χ0n) is 11.0. The zero-order chi connectivity index (χ0) is 14.5. The molecule has 0 spiro atoms. The molecule has 20 heavy (non-hydrogen) atoms. The van der Waals surface area contributed by atoms with Crippen LogP contribution < -0.4 is 21.5 Å². The Morgan fingerprint density at radius 3 is 2.70 bits per heavy atom. The largest absolute Gasteiger partial charge is 0.366 e. The van der Waals surface area contributed by atoms with Crippen LogP contribution in [0.25, 0.3) is 0 Å². The molecule has 5 N–H and O–H groups in total. The summed E-state index contributed by atoms with van der Waals surface area (Å²) in [6.07, 6.45) is 3.63. The zero-order valence-corrected chi connectivity index (χ0v) is 11.0. The fraction of sp³-hybridized carbons (Fsp3) is 0.333. The van der Waals surface area contributed by atoms with Crippen LogP contribution in [0.4, 0.5) is 11.4 Å². The van der Waals surface area contributed by atoms with E-state index in [4.69, 9.17) is 11.5 Å². The molecule has 1 aliphatic heterocycles. The van der Waals surface area contributed by atoms with Crippen LogP contribution in [-0.4, -0.2) is 30.2 Å². The number of nitrogens with one attached hydrogen (secondary N) is 1. The Bertz CT molecular complexity index is 559. The SMILES string of the molecule is NC(N)=N/[NH+]=C\c1ccc(N2CCCC2)c([N+](=O)[O-])c1. The van der Waals surface area contributed by atoms with Gasteiger partial charge in [0.2, 0.25) is 6.21 Å². The van der Waals surface area contributed by atoms with Crippen LogP contribution in [0.5, 0.6) is 0 Å². The quantitative estimate of drug-likeness (QED) is 0.278. The van der Waals surface area contributed by atoms with Crippen molar-refractivity contribution in [2.24, 2.45) is 16.6 Å². The first kappa shape index (κ1) is 13.8. The molecule has 8 nitrogen and oxygen atoms in total. The van der Waals surface area contributed by atoms with Gasteiger partial charge in [-0.3, -0.25) is 10.1 Å². The molecule has 1 fully saturated rings. The molecule has 2 rings (SSSR count). The van der Waals surface area contributed by atoms with Crippen molar-refractivity contribution in [3.8, 4) is 0 Å². The molecule has 0 saturated carbocycles. The molecule has 1 aliphatic rings. The number of nitrogens with zero attached hydrogens (tertiary/aromatic N) is 3. The fourth-order valence-corrected chi connectivity index (χ4v) is 2.18. The van der Waals surface area contributed by atoms with Crippen molar-refractivity contribution in [1.29, 1.82) is 0 Å². The first-order valence-electron chi connectivity index (χ1n) is 6.28. The smallest absolute Gasteiger partial charge is 0.293 e. The number of guanidine groups is 1. The predicted octanol–water partition coefficient (Wildman–Crippen LogP) is -1.12. The lowest BCUT2D eigenvalue weighted by atomic mass is 10.1. The topological polar surface area (TPSA) is 125 Å². The van der Waals surface area contributed by atoms with Crippen molar-refractivity contribution in [2.45, 2.75) is 12.8 Å². The Kier molecular flexibility index (Phi) is 4.14. The third-order valence-electron chi connectivity index (χ3n) is 3.07. The summed E-state index contributed by atoms with van der Waals surface area (Å²) < 4.78 is 0. The lowest BCUT2D eigenvalue weighted by molar-refractivity contribution is -0.456. The van der Waals surface area contributed by atoms with E-state index in [1.54, 1.807) is 12.1 Å². The Balaban J connectivity index is 2.30. The summed E-state index contributed by atoms with van der Waals surface area (Å²) in [4.78, 5) is 12.9. The van der Waals surface area contributed by atoms with Crippen molar-refractivity contribution < 1.29 is 10.0 Å². The van der Waals surface area contributed by atoms with Gasteiger partial charge in [0, 0.05) is 29.8 Å². The maximum absolute atomic E-state index is 11.2. The highest BCUT2D eigenvalue weighted by atomic mass is 16.6. The van der Waals surface area contributed by atoms with E-state index in [-0.39, 0.29) is 16.6 Å². The highest BCUT2D eigenvalue weighted by Crippen LogP contribution is 2.31. The average molecular weight is 277 g/mol. The van der Waals surface area contributed by atoms with Crippen molar-refractivity contribution >= 4 is 23.5 Å². The Morgan fingerprint density at radius 1 is 1.40 bits per heavy atom. The van der Waals surface area contributed by atoms with Gasteiger partial charge in [0.1, 0.15) is 5.69 Å². The van der Waals surface area contributed by atoms with Gasteiger partial charge in [0.25, 0.3) is 11.6 Å². The second kappa shape index (κ2) is 6.00. The molecule has 0 unspecified atom stereocenters. The highest BCUT2D eigenvalue weighted by Gasteiger charge is 2.22. The number of hydrogen-bond donors (Lipinski definition) is 3. The lowest BCUT2D eigenvalue weighted by Crippen LogP contribution is -2.63. The minimum atomic E-state index is -0.369.